The summed E-state index contributed by atoms with van der Waals surface area (Å²) in [6, 6.07) is 0. The van der Waals surface area contributed by atoms with Crippen LogP contribution in [0.1, 0.15) is 12.8 Å². The summed E-state index contributed by atoms with van der Waals surface area (Å²) in [4.78, 5) is 0. The average Bonchev–Trinajstić information content (AvgIpc) is 2.70. The largest absolute Gasteiger partial charge is 0.313 e. The highest BCUT2D eigenvalue weighted by Gasteiger charge is 2.41. The van der Waals surface area contributed by atoms with Crippen molar-refractivity contribution in [2.24, 2.45) is 0 Å². The van der Waals surface area contributed by atoms with Crippen LogP contribution >= 0.6 is 11.8 Å². The van der Waals surface area contributed by atoms with Crippen LogP contribution in [0, 0.1) is 0 Å². The Morgan fingerprint density at radius 3 is 2.70 bits per heavy atom. The lowest BCUT2D eigenvalue weighted by Crippen LogP contribution is -2.27. The molecule has 0 aromatic heterocycles. The minimum atomic E-state index is -0.246. The van der Waals surface area contributed by atoms with Crippen molar-refractivity contribution in [3.05, 3.63) is 0 Å². The van der Waals surface area contributed by atoms with Gasteiger partial charge >= 0.3 is 0 Å². The smallest absolute Gasteiger partial charge is 0.102 e. The van der Waals surface area contributed by atoms with Crippen LogP contribution in [0.25, 0.3) is 0 Å². The van der Waals surface area contributed by atoms with Gasteiger partial charge in [0.1, 0.15) is 6.67 Å². The monoisotopic (exact) mass is 163 g/mol. The molecule has 1 rings (SSSR count). The fourth-order valence-corrected chi connectivity index (χ4v) is 1.73. The zero-order valence-corrected chi connectivity index (χ0v) is 7.14. The highest BCUT2D eigenvalue weighted by molar-refractivity contribution is 8.00. The Bertz CT molecular complexity index is 104. The first kappa shape index (κ1) is 8.34. The van der Waals surface area contributed by atoms with Crippen LogP contribution in [-0.4, -0.2) is 30.8 Å². The molecule has 3 heteroatoms. The average molecular weight is 163 g/mol. The summed E-state index contributed by atoms with van der Waals surface area (Å²) in [5.74, 6) is 0. The van der Waals surface area contributed by atoms with E-state index in [4.69, 9.17) is 0 Å². The topological polar surface area (TPSA) is 12.0 Å². The van der Waals surface area contributed by atoms with E-state index in [-0.39, 0.29) is 6.67 Å². The normalized spacial score (nSPS) is 21.0. The van der Waals surface area contributed by atoms with Crippen molar-refractivity contribution < 1.29 is 4.39 Å². The van der Waals surface area contributed by atoms with Gasteiger partial charge in [-0.2, -0.15) is 11.8 Å². The first-order valence-electron chi connectivity index (χ1n) is 3.65. The lowest BCUT2D eigenvalue weighted by Gasteiger charge is -2.11. The number of alkyl halides is 1. The second kappa shape index (κ2) is 3.58. The molecule has 0 radical (unpaired) electrons. The molecule has 0 unspecified atom stereocenters. The van der Waals surface area contributed by atoms with E-state index < -0.39 is 0 Å². The van der Waals surface area contributed by atoms with Gasteiger partial charge in [0.05, 0.1) is 0 Å². The molecule has 1 saturated carbocycles. The number of thioether (sulfide) groups is 1. The summed E-state index contributed by atoms with van der Waals surface area (Å²) in [7, 11) is 0. The first-order chi connectivity index (χ1) is 4.83. The van der Waals surface area contributed by atoms with E-state index in [2.05, 4.69) is 11.6 Å². The highest BCUT2D eigenvalue weighted by Crippen LogP contribution is 2.46. The van der Waals surface area contributed by atoms with E-state index in [1.54, 1.807) is 0 Å². The first-order valence-corrected chi connectivity index (χ1v) is 4.87. The summed E-state index contributed by atoms with van der Waals surface area (Å²) in [6.07, 6.45) is 4.73. The Kier molecular flexibility index (Phi) is 2.98. The fourth-order valence-electron chi connectivity index (χ4n) is 0.976. The van der Waals surface area contributed by atoms with E-state index in [0.29, 0.717) is 11.3 Å². The van der Waals surface area contributed by atoms with Crippen molar-refractivity contribution in [3.63, 3.8) is 0 Å². The van der Waals surface area contributed by atoms with Gasteiger partial charge in [-0.15, -0.1) is 0 Å². The maximum Gasteiger partial charge on any atom is 0.102 e. The van der Waals surface area contributed by atoms with Crippen LogP contribution in [0.4, 0.5) is 4.39 Å². The standard InChI is InChI=1S/C7H14FNS/c1-10-7(2-3-7)6-9-5-4-8/h9H,2-6H2,1H3. The van der Waals surface area contributed by atoms with E-state index in [1.807, 2.05) is 11.8 Å². The molecule has 1 fully saturated rings. The molecule has 60 valence electrons. The zero-order chi connectivity index (χ0) is 7.45. The van der Waals surface area contributed by atoms with Gasteiger partial charge in [0.2, 0.25) is 0 Å². The van der Waals surface area contributed by atoms with Crippen molar-refractivity contribution in [2.75, 3.05) is 26.0 Å². The van der Waals surface area contributed by atoms with Crippen LogP contribution in [0.3, 0.4) is 0 Å². The van der Waals surface area contributed by atoms with E-state index >= 15 is 0 Å². The third-order valence-electron chi connectivity index (χ3n) is 1.96. The molecule has 1 aliphatic carbocycles. The SMILES string of the molecule is CSC1(CNCCF)CC1. The van der Waals surface area contributed by atoms with Crippen LogP contribution in [-0.2, 0) is 0 Å². The summed E-state index contributed by atoms with van der Waals surface area (Å²) in [5.41, 5.74) is 0. The summed E-state index contributed by atoms with van der Waals surface area (Å²) in [6.45, 7) is 1.25. The van der Waals surface area contributed by atoms with Gasteiger partial charge in [-0.1, -0.05) is 0 Å². The molecule has 1 N–H and O–H groups in total. The number of hydrogen-bond acceptors (Lipinski definition) is 2. The van der Waals surface area contributed by atoms with Crippen molar-refractivity contribution in [1.82, 2.24) is 5.32 Å². The molecule has 0 bridgehead atoms. The summed E-state index contributed by atoms with van der Waals surface area (Å²) < 4.78 is 12.1. The molecule has 0 aromatic carbocycles. The Morgan fingerprint density at radius 1 is 1.60 bits per heavy atom. The van der Waals surface area contributed by atoms with Crippen molar-refractivity contribution >= 4 is 11.8 Å². The van der Waals surface area contributed by atoms with Crippen molar-refractivity contribution in [1.29, 1.82) is 0 Å². The number of nitrogens with one attached hydrogen (secondary N) is 1. The van der Waals surface area contributed by atoms with E-state index in [0.717, 1.165) is 6.54 Å². The molecule has 0 spiro atoms. The minimum Gasteiger partial charge on any atom is -0.313 e. The lowest BCUT2D eigenvalue weighted by molar-refractivity contribution is 0.466. The Morgan fingerprint density at radius 2 is 2.30 bits per heavy atom. The third kappa shape index (κ3) is 2.13. The van der Waals surface area contributed by atoms with Crippen LogP contribution in [0.15, 0.2) is 0 Å². The maximum absolute atomic E-state index is 11.6. The second-order valence-corrected chi connectivity index (χ2v) is 4.03. The Balaban J connectivity index is 2.01. The highest BCUT2D eigenvalue weighted by atomic mass is 32.2. The van der Waals surface area contributed by atoms with Crippen LogP contribution in [0.5, 0.6) is 0 Å². The molecular formula is C7H14FNS. The number of hydrogen-bond donors (Lipinski definition) is 1. The molecule has 0 amide bonds. The fraction of sp³-hybridized carbons (Fsp3) is 1.00. The minimum absolute atomic E-state index is 0.246. The predicted octanol–water partition coefficient (Wildman–Crippen LogP) is 1.44. The van der Waals surface area contributed by atoms with Gasteiger partial charge in [0.15, 0.2) is 0 Å². The molecule has 0 aromatic rings. The number of rotatable bonds is 5. The van der Waals surface area contributed by atoms with Gasteiger partial charge < -0.3 is 5.32 Å². The molecule has 0 atom stereocenters. The molecule has 0 heterocycles. The Labute approximate surface area is 65.8 Å². The van der Waals surface area contributed by atoms with E-state index in [1.165, 1.54) is 12.8 Å². The maximum atomic E-state index is 11.6. The van der Waals surface area contributed by atoms with Gasteiger partial charge in [0, 0.05) is 17.8 Å². The van der Waals surface area contributed by atoms with Gasteiger partial charge in [0.25, 0.3) is 0 Å². The Hall–Kier alpha value is 0.240. The zero-order valence-electron chi connectivity index (χ0n) is 6.32. The van der Waals surface area contributed by atoms with Crippen LogP contribution in [0.2, 0.25) is 0 Å². The number of halogens is 1. The lowest BCUT2D eigenvalue weighted by atomic mass is 10.4. The van der Waals surface area contributed by atoms with Gasteiger partial charge in [-0.25, -0.2) is 4.39 Å². The van der Waals surface area contributed by atoms with Crippen LogP contribution < -0.4 is 5.32 Å². The molecule has 0 saturated heterocycles. The molecule has 10 heavy (non-hydrogen) atoms. The molecule has 1 nitrogen and oxygen atoms in total. The second-order valence-electron chi connectivity index (χ2n) is 2.75. The van der Waals surface area contributed by atoms with E-state index in [9.17, 15) is 4.39 Å². The summed E-state index contributed by atoms with van der Waals surface area (Å²) >= 11 is 1.90. The molecule has 1 aliphatic rings. The molecule has 0 aliphatic heterocycles. The van der Waals surface area contributed by atoms with Gasteiger partial charge in [-0.3, -0.25) is 0 Å². The van der Waals surface area contributed by atoms with Crippen molar-refractivity contribution in [3.8, 4) is 0 Å². The summed E-state index contributed by atoms with van der Waals surface area (Å²) in [5, 5.41) is 3.09. The molecular weight excluding hydrogens is 149 g/mol. The van der Waals surface area contributed by atoms with Crippen molar-refractivity contribution in [2.45, 2.75) is 17.6 Å². The third-order valence-corrected chi connectivity index (χ3v) is 3.38. The predicted molar refractivity (Wildman–Crippen MR) is 44.3 cm³/mol. The quantitative estimate of drug-likeness (QED) is 0.615. The van der Waals surface area contributed by atoms with Gasteiger partial charge in [-0.05, 0) is 19.1 Å².